The van der Waals surface area contributed by atoms with Crippen LogP contribution in [0.2, 0.25) is 10.0 Å². The lowest BCUT2D eigenvalue weighted by Crippen LogP contribution is -2.32. The molecule has 1 unspecified atom stereocenters. The molecular formula is C17H17Cl2NO4. The molecule has 5 nitrogen and oxygen atoms in total. The number of carbonyl (C=O) groups excluding carboxylic acids is 1. The topological polar surface area (TPSA) is 75.6 Å². The number of dihydropyridines is 1. The second-order valence-corrected chi connectivity index (χ2v) is 6.07. The number of nitrogens with one attached hydrogen (secondary N) is 1. The molecule has 1 aliphatic rings. The van der Waals surface area contributed by atoms with Crippen molar-refractivity contribution in [3.63, 3.8) is 0 Å². The molecule has 1 aromatic rings. The Morgan fingerprint density at radius 3 is 2.50 bits per heavy atom. The summed E-state index contributed by atoms with van der Waals surface area (Å²) in [5.74, 6) is -2.61. The number of rotatable bonds is 4. The van der Waals surface area contributed by atoms with E-state index in [1.807, 2.05) is 6.92 Å². The van der Waals surface area contributed by atoms with Crippen molar-refractivity contribution in [3.05, 3.63) is 56.3 Å². The SMILES string of the molecule is CCC1=C(C(=O)OC)C(c2cccc(Cl)c2Cl)C(C(=O)O)=C(C)N1. The van der Waals surface area contributed by atoms with Crippen molar-refractivity contribution in [1.82, 2.24) is 5.32 Å². The summed E-state index contributed by atoms with van der Waals surface area (Å²) in [5, 5.41) is 13.2. The van der Waals surface area contributed by atoms with Crippen LogP contribution in [0.25, 0.3) is 0 Å². The summed E-state index contributed by atoms with van der Waals surface area (Å²) >= 11 is 12.4. The predicted molar refractivity (Wildman–Crippen MR) is 92.0 cm³/mol. The Kier molecular flexibility index (Phi) is 5.57. The van der Waals surface area contributed by atoms with Gasteiger partial charge >= 0.3 is 11.9 Å². The lowest BCUT2D eigenvalue weighted by Gasteiger charge is -2.30. The maximum absolute atomic E-state index is 12.4. The van der Waals surface area contributed by atoms with Crippen LogP contribution in [0.1, 0.15) is 31.7 Å². The van der Waals surface area contributed by atoms with Crippen LogP contribution in [0.3, 0.4) is 0 Å². The van der Waals surface area contributed by atoms with E-state index in [1.165, 1.54) is 7.11 Å². The highest BCUT2D eigenvalue weighted by Gasteiger charge is 2.38. The molecule has 1 aliphatic heterocycles. The zero-order chi connectivity index (χ0) is 18.0. The molecule has 0 fully saturated rings. The summed E-state index contributed by atoms with van der Waals surface area (Å²) in [4.78, 5) is 24.2. The van der Waals surface area contributed by atoms with Gasteiger partial charge in [-0.05, 0) is 25.0 Å². The molecule has 128 valence electrons. The van der Waals surface area contributed by atoms with E-state index in [4.69, 9.17) is 27.9 Å². The van der Waals surface area contributed by atoms with Crippen molar-refractivity contribution < 1.29 is 19.4 Å². The molecular weight excluding hydrogens is 353 g/mol. The second-order valence-electron chi connectivity index (χ2n) is 5.28. The number of hydrogen-bond donors (Lipinski definition) is 2. The minimum Gasteiger partial charge on any atom is -0.478 e. The Balaban J connectivity index is 2.81. The van der Waals surface area contributed by atoms with Gasteiger partial charge in [-0.25, -0.2) is 9.59 Å². The van der Waals surface area contributed by atoms with Gasteiger partial charge in [-0.3, -0.25) is 0 Å². The molecule has 1 heterocycles. The number of aliphatic carboxylic acids is 1. The van der Waals surface area contributed by atoms with Crippen LogP contribution < -0.4 is 5.32 Å². The number of methoxy groups -OCH3 is 1. The predicted octanol–water partition coefficient (Wildman–Crippen LogP) is 3.88. The fraction of sp³-hybridized carbons (Fsp3) is 0.294. The normalized spacial score (nSPS) is 17.6. The Labute approximate surface area is 149 Å². The number of hydrogen-bond acceptors (Lipinski definition) is 4. The minimum absolute atomic E-state index is 0.0387. The number of benzene rings is 1. The Morgan fingerprint density at radius 1 is 1.29 bits per heavy atom. The lowest BCUT2D eigenvalue weighted by molar-refractivity contribution is -0.136. The molecule has 0 bridgehead atoms. The molecule has 2 rings (SSSR count). The van der Waals surface area contributed by atoms with Gasteiger partial charge in [0.15, 0.2) is 0 Å². The maximum Gasteiger partial charge on any atom is 0.336 e. The summed E-state index contributed by atoms with van der Waals surface area (Å²) in [5.41, 5.74) is 1.77. The van der Waals surface area contributed by atoms with Crippen LogP contribution in [0.15, 0.2) is 40.7 Å². The molecule has 2 N–H and O–H groups in total. The van der Waals surface area contributed by atoms with E-state index in [-0.39, 0.29) is 21.2 Å². The van der Waals surface area contributed by atoms with Gasteiger partial charge in [0.05, 0.1) is 34.2 Å². The monoisotopic (exact) mass is 369 g/mol. The summed E-state index contributed by atoms with van der Waals surface area (Å²) in [6.07, 6.45) is 0.503. The number of halogens is 2. The third kappa shape index (κ3) is 3.14. The molecule has 24 heavy (non-hydrogen) atoms. The third-order valence-corrected chi connectivity index (χ3v) is 4.76. The summed E-state index contributed by atoms with van der Waals surface area (Å²) in [6.45, 7) is 3.51. The van der Waals surface area contributed by atoms with Crippen LogP contribution in [-0.4, -0.2) is 24.2 Å². The van der Waals surface area contributed by atoms with Crippen LogP contribution in [0.5, 0.6) is 0 Å². The summed E-state index contributed by atoms with van der Waals surface area (Å²) in [6, 6.07) is 4.94. The van der Waals surface area contributed by atoms with Crippen LogP contribution >= 0.6 is 23.2 Å². The first-order valence-corrected chi connectivity index (χ1v) is 8.05. The maximum atomic E-state index is 12.4. The van der Waals surface area contributed by atoms with E-state index in [1.54, 1.807) is 25.1 Å². The van der Waals surface area contributed by atoms with Crippen molar-refractivity contribution >= 4 is 35.1 Å². The highest BCUT2D eigenvalue weighted by atomic mass is 35.5. The van der Waals surface area contributed by atoms with E-state index < -0.39 is 17.9 Å². The smallest absolute Gasteiger partial charge is 0.336 e. The number of carbonyl (C=O) groups is 2. The van der Waals surface area contributed by atoms with Gasteiger partial charge < -0.3 is 15.2 Å². The molecule has 7 heteroatoms. The third-order valence-electron chi connectivity index (χ3n) is 3.93. The molecule has 0 radical (unpaired) electrons. The van der Waals surface area contributed by atoms with E-state index in [2.05, 4.69) is 5.32 Å². The van der Waals surface area contributed by atoms with Gasteiger partial charge in [-0.2, -0.15) is 0 Å². The molecule has 1 atom stereocenters. The van der Waals surface area contributed by atoms with E-state index in [0.29, 0.717) is 23.4 Å². The average molecular weight is 370 g/mol. The first-order valence-electron chi connectivity index (χ1n) is 7.29. The molecule has 0 aliphatic carbocycles. The number of esters is 1. The van der Waals surface area contributed by atoms with Crippen molar-refractivity contribution in [2.75, 3.05) is 7.11 Å². The van der Waals surface area contributed by atoms with Crippen molar-refractivity contribution in [2.24, 2.45) is 0 Å². The van der Waals surface area contributed by atoms with E-state index in [0.717, 1.165) is 0 Å². The first kappa shape index (κ1) is 18.4. The average Bonchev–Trinajstić information content (AvgIpc) is 2.55. The standard InChI is InChI=1S/C17H17Cl2NO4/c1-4-11-14(17(23)24-3)13(12(16(21)22)8(2)20-11)9-6-5-7-10(18)15(9)19/h5-7,13,20H,4H2,1-3H3,(H,21,22). The zero-order valence-corrected chi connectivity index (χ0v) is 15.0. The summed E-state index contributed by atoms with van der Waals surface area (Å²) < 4.78 is 4.88. The molecule has 0 spiro atoms. The Bertz CT molecular complexity index is 768. The summed E-state index contributed by atoms with van der Waals surface area (Å²) in [7, 11) is 1.25. The van der Waals surface area contributed by atoms with E-state index in [9.17, 15) is 14.7 Å². The van der Waals surface area contributed by atoms with Gasteiger partial charge in [-0.15, -0.1) is 0 Å². The van der Waals surface area contributed by atoms with Crippen LogP contribution in [-0.2, 0) is 14.3 Å². The van der Waals surface area contributed by atoms with Gasteiger partial charge in [0, 0.05) is 11.4 Å². The van der Waals surface area contributed by atoms with Gasteiger partial charge in [0.1, 0.15) is 0 Å². The van der Waals surface area contributed by atoms with Crippen LogP contribution in [0.4, 0.5) is 0 Å². The quantitative estimate of drug-likeness (QED) is 0.787. The van der Waals surface area contributed by atoms with Gasteiger partial charge in [-0.1, -0.05) is 42.3 Å². The molecule has 0 amide bonds. The molecule has 0 aromatic heterocycles. The number of allylic oxidation sites excluding steroid dienone is 2. The molecule has 1 aromatic carbocycles. The van der Waals surface area contributed by atoms with Crippen LogP contribution in [0, 0.1) is 0 Å². The largest absolute Gasteiger partial charge is 0.478 e. The fourth-order valence-corrected chi connectivity index (χ4v) is 3.28. The fourth-order valence-electron chi connectivity index (χ4n) is 2.86. The minimum atomic E-state index is -1.14. The number of ether oxygens (including phenoxy) is 1. The molecule has 0 saturated heterocycles. The number of carboxylic acid groups (broad SMARTS) is 1. The molecule has 0 saturated carbocycles. The van der Waals surface area contributed by atoms with Crippen molar-refractivity contribution in [1.29, 1.82) is 0 Å². The van der Waals surface area contributed by atoms with Gasteiger partial charge in [0.2, 0.25) is 0 Å². The number of carboxylic acids is 1. The Morgan fingerprint density at radius 2 is 1.96 bits per heavy atom. The van der Waals surface area contributed by atoms with E-state index >= 15 is 0 Å². The Hall–Kier alpha value is -1.98. The first-order chi connectivity index (χ1) is 11.3. The van der Waals surface area contributed by atoms with Crippen molar-refractivity contribution in [2.45, 2.75) is 26.2 Å². The van der Waals surface area contributed by atoms with Gasteiger partial charge in [0.25, 0.3) is 0 Å². The highest BCUT2D eigenvalue weighted by molar-refractivity contribution is 6.42. The van der Waals surface area contributed by atoms with Crippen molar-refractivity contribution in [3.8, 4) is 0 Å². The highest BCUT2D eigenvalue weighted by Crippen LogP contribution is 2.43. The second kappa shape index (κ2) is 7.28. The zero-order valence-electron chi connectivity index (χ0n) is 13.4. The lowest BCUT2D eigenvalue weighted by atomic mass is 9.80.